The van der Waals surface area contributed by atoms with Gasteiger partial charge in [0.25, 0.3) is 0 Å². The highest BCUT2D eigenvalue weighted by molar-refractivity contribution is 6.00. The largest absolute Gasteiger partial charge is 0.391 e. The summed E-state index contributed by atoms with van der Waals surface area (Å²) in [7, 11) is 0. The predicted molar refractivity (Wildman–Crippen MR) is 49.3 cm³/mol. The maximum Gasteiger partial charge on any atom is 0.178 e. The SMILES string of the molecule is C[C@H](O)COC1(C)C=CC(=O)C=C1. The van der Waals surface area contributed by atoms with Crippen molar-refractivity contribution >= 4 is 5.78 Å². The summed E-state index contributed by atoms with van der Waals surface area (Å²) in [4.78, 5) is 10.8. The molecule has 0 aromatic heterocycles. The maximum absolute atomic E-state index is 10.8. The third-order valence-electron chi connectivity index (χ3n) is 1.79. The minimum Gasteiger partial charge on any atom is -0.391 e. The van der Waals surface area contributed by atoms with E-state index in [9.17, 15) is 4.79 Å². The monoisotopic (exact) mass is 182 g/mol. The van der Waals surface area contributed by atoms with E-state index in [1.54, 1.807) is 19.1 Å². The van der Waals surface area contributed by atoms with Gasteiger partial charge in [0.2, 0.25) is 0 Å². The fraction of sp³-hybridized carbons (Fsp3) is 0.500. The molecule has 0 spiro atoms. The van der Waals surface area contributed by atoms with Crippen LogP contribution in [0.25, 0.3) is 0 Å². The van der Waals surface area contributed by atoms with Crippen LogP contribution in [0, 0.1) is 0 Å². The topological polar surface area (TPSA) is 46.5 Å². The van der Waals surface area contributed by atoms with Gasteiger partial charge >= 0.3 is 0 Å². The number of allylic oxidation sites excluding steroid dienone is 2. The molecule has 0 saturated carbocycles. The zero-order valence-electron chi connectivity index (χ0n) is 7.86. The minimum absolute atomic E-state index is 0.0295. The van der Waals surface area contributed by atoms with Crippen molar-refractivity contribution in [3.05, 3.63) is 24.3 Å². The third-order valence-corrected chi connectivity index (χ3v) is 1.79. The lowest BCUT2D eigenvalue weighted by atomic mass is 10.00. The van der Waals surface area contributed by atoms with Gasteiger partial charge in [-0.05, 0) is 38.2 Å². The van der Waals surface area contributed by atoms with E-state index in [-0.39, 0.29) is 12.4 Å². The Kier molecular flexibility index (Phi) is 3.01. The molecule has 0 aliphatic heterocycles. The zero-order chi connectivity index (χ0) is 9.90. The molecule has 1 aliphatic rings. The molecule has 0 amide bonds. The van der Waals surface area contributed by atoms with E-state index in [4.69, 9.17) is 9.84 Å². The number of aliphatic hydroxyl groups excluding tert-OH is 1. The van der Waals surface area contributed by atoms with Crippen LogP contribution in [0.2, 0.25) is 0 Å². The lowest BCUT2D eigenvalue weighted by Crippen LogP contribution is -2.29. The lowest BCUT2D eigenvalue weighted by Gasteiger charge is -2.25. The van der Waals surface area contributed by atoms with Crippen LogP contribution in [0.15, 0.2) is 24.3 Å². The molecule has 72 valence electrons. The summed E-state index contributed by atoms with van der Waals surface area (Å²) in [5.41, 5.74) is -0.551. The fourth-order valence-corrected chi connectivity index (χ4v) is 1.00. The van der Waals surface area contributed by atoms with Crippen LogP contribution in [0.4, 0.5) is 0 Å². The Morgan fingerprint density at radius 3 is 2.54 bits per heavy atom. The summed E-state index contributed by atoms with van der Waals surface area (Å²) in [6.45, 7) is 3.76. The molecule has 0 heterocycles. The van der Waals surface area contributed by atoms with Crippen molar-refractivity contribution in [1.29, 1.82) is 0 Å². The minimum atomic E-state index is -0.551. The highest BCUT2D eigenvalue weighted by Gasteiger charge is 2.21. The van der Waals surface area contributed by atoms with E-state index in [1.165, 1.54) is 12.2 Å². The molecule has 0 aromatic rings. The highest BCUT2D eigenvalue weighted by Crippen LogP contribution is 2.18. The van der Waals surface area contributed by atoms with E-state index >= 15 is 0 Å². The number of hydrogen-bond donors (Lipinski definition) is 1. The standard InChI is InChI=1S/C10H14O3/c1-8(11)7-13-10(2)5-3-9(12)4-6-10/h3-6,8,11H,7H2,1-2H3/t8-/m0/s1. The summed E-state index contributed by atoms with van der Waals surface area (Å²) < 4.78 is 5.40. The van der Waals surface area contributed by atoms with Crippen LogP contribution < -0.4 is 0 Å². The molecule has 1 rings (SSSR count). The molecule has 3 heteroatoms. The number of rotatable bonds is 3. The van der Waals surface area contributed by atoms with E-state index in [2.05, 4.69) is 0 Å². The normalized spacial score (nSPS) is 21.9. The average molecular weight is 182 g/mol. The number of carbonyl (C=O) groups is 1. The molecule has 1 atom stereocenters. The van der Waals surface area contributed by atoms with Crippen LogP contribution in [-0.4, -0.2) is 29.2 Å². The Hall–Kier alpha value is -0.930. The summed E-state index contributed by atoms with van der Waals surface area (Å²) >= 11 is 0. The Bertz CT molecular complexity index is 235. The first-order valence-electron chi connectivity index (χ1n) is 4.26. The van der Waals surface area contributed by atoms with Gasteiger partial charge in [-0.3, -0.25) is 4.79 Å². The molecule has 0 unspecified atom stereocenters. The van der Waals surface area contributed by atoms with Crippen LogP contribution in [0.5, 0.6) is 0 Å². The second kappa shape index (κ2) is 3.85. The quantitative estimate of drug-likeness (QED) is 0.703. The highest BCUT2D eigenvalue weighted by atomic mass is 16.5. The van der Waals surface area contributed by atoms with Crippen LogP contribution in [0.1, 0.15) is 13.8 Å². The van der Waals surface area contributed by atoms with Gasteiger partial charge in [0.15, 0.2) is 5.78 Å². The van der Waals surface area contributed by atoms with Crippen molar-refractivity contribution in [2.24, 2.45) is 0 Å². The van der Waals surface area contributed by atoms with Gasteiger partial charge in [-0.15, -0.1) is 0 Å². The van der Waals surface area contributed by atoms with Crippen LogP contribution in [-0.2, 0) is 9.53 Å². The molecule has 0 saturated heterocycles. The van der Waals surface area contributed by atoms with Crippen molar-refractivity contribution in [1.82, 2.24) is 0 Å². The van der Waals surface area contributed by atoms with Gasteiger partial charge in [0.1, 0.15) is 5.60 Å². The lowest BCUT2D eigenvalue weighted by molar-refractivity contribution is -0.111. The molecular weight excluding hydrogens is 168 g/mol. The van der Waals surface area contributed by atoms with Crippen LogP contribution >= 0.6 is 0 Å². The van der Waals surface area contributed by atoms with Crippen molar-refractivity contribution in [3.8, 4) is 0 Å². The number of ketones is 1. The smallest absolute Gasteiger partial charge is 0.178 e. The molecule has 1 aliphatic carbocycles. The Morgan fingerprint density at radius 2 is 2.08 bits per heavy atom. The fourth-order valence-electron chi connectivity index (χ4n) is 1.00. The third kappa shape index (κ3) is 3.13. The van der Waals surface area contributed by atoms with E-state index in [0.717, 1.165) is 0 Å². The predicted octanol–water partition coefficient (Wildman–Crippen LogP) is 0.838. The Morgan fingerprint density at radius 1 is 1.54 bits per heavy atom. The molecule has 1 N–H and O–H groups in total. The molecular formula is C10H14O3. The van der Waals surface area contributed by atoms with Crippen LogP contribution in [0.3, 0.4) is 0 Å². The maximum atomic E-state index is 10.8. The second-order valence-electron chi connectivity index (χ2n) is 3.41. The Labute approximate surface area is 77.7 Å². The average Bonchev–Trinajstić information content (AvgIpc) is 2.08. The summed E-state index contributed by atoms with van der Waals surface area (Å²) in [6, 6.07) is 0. The van der Waals surface area contributed by atoms with Crippen molar-refractivity contribution in [2.75, 3.05) is 6.61 Å². The van der Waals surface area contributed by atoms with E-state index in [0.29, 0.717) is 0 Å². The number of hydrogen-bond acceptors (Lipinski definition) is 3. The molecule has 0 fully saturated rings. The van der Waals surface area contributed by atoms with Gasteiger partial charge < -0.3 is 9.84 Å². The summed E-state index contributed by atoms with van der Waals surface area (Å²) in [6.07, 6.45) is 5.84. The van der Waals surface area contributed by atoms with Gasteiger partial charge in [0, 0.05) is 0 Å². The first kappa shape index (κ1) is 10.2. The zero-order valence-corrected chi connectivity index (χ0v) is 7.86. The van der Waals surface area contributed by atoms with Gasteiger partial charge in [-0.2, -0.15) is 0 Å². The van der Waals surface area contributed by atoms with Crippen molar-refractivity contribution in [3.63, 3.8) is 0 Å². The van der Waals surface area contributed by atoms with E-state index < -0.39 is 11.7 Å². The molecule has 3 nitrogen and oxygen atoms in total. The summed E-state index contributed by atoms with van der Waals surface area (Å²) in [5.74, 6) is -0.0295. The Balaban J connectivity index is 2.53. The van der Waals surface area contributed by atoms with Crippen molar-refractivity contribution < 1.29 is 14.6 Å². The first-order chi connectivity index (χ1) is 6.02. The molecule has 0 aromatic carbocycles. The number of ether oxygens (including phenoxy) is 1. The molecule has 0 radical (unpaired) electrons. The van der Waals surface area contributed by atoms with E-state index in [1.807, 2.05) is 6.92 Å². The second-order valence-corrected chi connectivity index (χ2v) is 3.41. The molecule has 0 bridgehead atoms. The van der Waals surface area contributed by atoms with Crippen molar-refractivity contribution in [2.45, 2.75) is 25.6 Å². The summed E-state index contributed by atoms with van der Waals surface area (Å²) in [5, 5.41) is 9.01. The van der Waals surface area contributed by atoms with Gasteiger partial charge in [0.05, 0.1) is 12.7 Å². The first-order valence-corrected chi connectivity index (χ1v) is 4.26. The number of carbonyl (C=O) groups excluding carboxylic acids is 1. The number of aliphatic hydroxyl groups is 1. The molecule has 13 heavy (non-hydrogen) atoms. The van der Waals surface area contributed by atoms with Gasteiger partial charge in [-0.1, -0.05) is 0 Å². The van der Waals surface area contributed by atoms with Gasteiger partial charge in [-0.25, -0.2) is 0 Å².